The molecule has 0 aliphatic carbocycles. The highest BCUT2D eigenvalue weighted by molar-refractivity contribution is 6.16. The van der Waals surface area contributed by atoms with Crippen LogP contribution in [0.15, 0.2) is 24.3 Å². The van der Waals surface area contributed by atoms with Crippen LogP contribution >= 0.6 is 0 Å². The number of fused-ring (bicyclic) bond motifs is 1. The van der Waals surface area contributed by atoms with E-state index in [-0.39, 0.29) is 39.6 Å². The predicted molar refractivity (Wildman–Crippen MR) is 118 cm³/mol. The number of aromatic nitrogens is 2. The van der Waals surface area contributed by atoms with Crippen molar-refractivity contribution >= 4 is 22.6 Å². The van der Waals surface area contributed by atoms with Gasteiger partial charge in [-0.2, -0.15) is 18.3 Å². The summed E-state index contributed by atoms with van der Waals surface area (Å²) in [6.45, 7) is -0.556. The molecule has 0 radical (unpaired) electrons. The summed E-state index contributed by atoms with van der Waals surface area (Å²) in [7, 11) is 5.66. The molecule has 0 saturated heterocycles. The van der Waals surface area contributed by atoms with Gasteiger partial charge < -0.3 is 24.3 Å². The highest BCUT2D eigenvalue weighted by Crippen LogP contribution is 2.39. The maximum atomic E-state index is 13.3. The lowest BCUT2D eigenvalue weighted by Crippen LogP contribution is -2.36. The predicted octanol–water partition coefficient (Wildman–Crippen LogP) is 2.86. The van der Waals surface area contributed by atoms with Gasteiger partial charge in [-0.25, -0.2) is 0 Å². The van der Waals surface area contributed by atoms with Crippen LogP contribution in [-0.2, 0) is 4.79 Å². The lowest BCUT2D eigenvalue weighted by atomic mass is 10.0. The average Bonchev–Trinajstić information content (AvgIpc) is 3.28. The summed E-state index contributed by atoms with van der Waals surface area (Å²) in [5.41, 5.74) is 0.843. The van der Waals surface area contributed by atoms with Gasteiger partial charge in [0.05, 0.1) is 40.5 Å². The Balaban J connectivity index is 2.01. The van der Waals surface area contributed by atoms with Gasteiger partial charge >= 0.3 is 12.1 Å². The number of methoxy groups -OCH3 is 4. The summed E-state index contributed by atoms with van der Waals surface area (Å²) in [6.07, 6.45) is -5.01. The van der Waals surface area contributed by atoms with Crippen molar-refractivity contribution in [2.75, 3.05) is 35.0 Å². The topological polar surface area (TPSA) is 112 Å². The van der Waals surface area contributed by atoms with Crippen LogP contribution in [0.25, 0.3) is 10.9 Å². The number of rotatable bonds is 7. The quantitative estimate of drug-likeness (QED) is 0.386. The number of amides is 1. The van der Waals surface area contributed by atoms with Crippen molar-refractivity contribution in [2.24, 2.45) is 0 Å². The van der Waals surface area contributed by atoms with Gasteiger partial charge in [-0.05, 0) is 24.3 Å². The highest BCUT2D eigenvalue weighted by atomic mass is 19.4. The summed E-state index contributed by atoms with van der Waals surface area (Å²) in [5.74, 6) is 3.72. The number of ketones is 1. The number of halogens is 3. The van der Waals surface area contributed by atoms with Gasteiger partial charge in [0, 0.05) is 10.9 Å². The molecule has 0 aliphatic heterocycles. The van der Waals surface area contributed by atoms with Gasteiger partial charge in [-0.3, -0.25) is 14.7 Å². The van der Waals surface area contributed by atoms with Crippen molar-refractivity contribution in [3.8, 4) is 34.8 Å². The molecule has 3 rings (SSSR count). The van der Waals surface area contributed by atoms with Crippen molar-refractivity contribution in [3.05, 3.63) is 41.1 Å². The van der Waals surface area contributed by atoms with Gasteiger partial charge in [-0.1, -0.05) is 11.8 Å². The number of hydrogen-bond acceptors (Lipinski definition) is 7. The molecule has 35 heavy (non-hydrogen) atoms. The highest BCUT2D eigenvalue weighted by Gasteiger charge is 2.38. The summed E-state index contributed by atoms with van der Waals surface area (Å²) < 4.78 is 58.1. The van der Waals surface area contributed by atoms with Crippen LogP contribution in [0, 0.1) is 11.8 Å². The Morgan fingerprint density at radius 1 is 1.00 bits per heavy atom. The van der Waals surface area contributed by atoms with E-state index in [1.165, 1.54) is 40.6 Å². The largest absolute Gasteiger partial charge is 0.495 e. The Morgan fingerprint density at radius 3 is 2.17 bits per heavy atom. The van der Waals surface area contributed by atoms with Crippen molar-refractivity contribution in [3.63, 3.8) is 0 Å². The minimum atomic E-state index is -5.01. The first-order chi connectivity index (χ1) is 16.7. The van der Waals surface area contributed by atoms with Crippen LogP contribution < -0.4 is 24.3 Å². The number of H-pyrrole nitrogens is 1. The van der Waals surface area contributed by atoms with E-state index in [2.05, 4.69) is 22.0 Å². The number of aromatic amines is 1. The zero-order valence-corrected chi connectivity index (χ0v) is 19.0. The summed E-state index contributed by atoms with van der Waals surface area (Å²) in [4.78, 5) is 24.3. The Morgan fingerprint density at radius 2 is 1.63 bits per heavy atom. The number of ether oxygens (including phenoxy) is 4. The molecule has 184 valence electrons. The molecule has 0 aliphatic rings. The molecule has 12 heteroatoms. The SMILES string of the molecule is COc1cc(C(=O)c2[nH]nc3c(C#CCNC(=O)C(F)(F)F)c(OC)ccc23)cc(OC)c1OC. The van der Waals surface area contributed by atoms with Crippen LogP contribution in [0.4, 0.5) is 13.2 Å². The normalized spacial score (nSPS) is 10.8. The molecule has 9 nitrogen and oxygen atoms in total. The first-order valence-corrected chi connectivity index (χ1v) is 9.89. The fourth-order valence-electron chi connectivity index (χ4n) is 3.24. The van der Waals surface area contributed by atoms with E-state index < -0.39 is 24.4 Å². The van der Waals surface area contributed by atoms with Crippen LogP contribution in [0.5, 0.6) is 23.0 Å². The zero-order valence-electron chi connectivity index (χ0n) is 19.0. The fraction of sp³-hybridized carbons (Fsp3) is 0.261. The molecular weight excluding hydrogens is 471 g/mol. The van der Waals surface area contributed by atoms with Crippen molar-refractivity contribution in [1.82, 2.24) is 15.5 Å². The number of alkyl halides is 3. The third-order valence-corrected chi connectivity index (χ3v) is 4.87. The standard InChI is InChI=1S/C23H20F3N3O6/c1-32-15-8-7-14-18(13(15)6-5-9-27-22(31)23(24,25)26)28-29-19(14)20(30)12-10-16(33-2)21(35-4)17(11-12)34-3/h7-8,10-11H,9H2,1-4H3,(H,27,31)(H,28,29). The van der Waals surface area contributed by atoms with Gasteiger partial charge in [0.2, 0.25) is 11.5 Å². The van der Waals surface area contributed by atoms with Gasteiger partial charge in [-0.15, -0.1) is 0 Å². The number of hydrogen-bond donors (Lipinski definition) is 2. The third kappa shape index (κ3) is 5.08. The minimum absolute atomic E-state index is 0.130. The average molecular weight is 491 g/mol. The van der Waals surface area contributed by atoms with Crippen molar-refractivity contribution in [1.29, 1.82) is 0 Å². The molecule has 0 spiro atoms. The molecule has 3 aromatic rings. The molecule has 0 atom stereocenters. The maximum Gasteiger partial charge on any atom is 0.471 e. The first-order valence-electron chi connectivity index (χ1n) is 9.89. The van der Waals surface area contributed by atoms with Gasteiger partial charge in [0.1, 0.15) is 17.0 Å². The van der Waals surface area contributed by atoms with E-state index in [0.717, 1.165) is 0 Å². The molecule has 2 aromatic carbocycles. The van der Waals surface area contributed by atoms with E-state index in [9.17, 15) is 22.8 Å². The van der Waals surface area contributed by atoms with Gasteiger partial charge in [0.15, 0.2) is 11.5 Å². The molecular formula is C23H20F3N3O6. The van der Waals surface area contributed by atoms with Gasteiger partial charge in [0.25, 0.3) is 0 Å². The number of carbonyl (C=O) groups excluding carboxylic acids is 2. The molecule has 1 heterocycles. The molecule has 0 fully saturated rings. The van der Waals surface area contributed by atoms with E-state index in [1.807, 2.05) is 0 Å². The van der Waals surface area contributed by atoms with Crippen LogP contribution in [0.1, 0.15) is 21.6 Å². The van der Waals surface area contributed by atoms with Crippen LogP contribution in [0.3, 0.4) is 0 Å². The number of nitrogens with zero attached hydrogens (tertiary/aromatic N) is 1. The maximum absolute atomic E-state index is 13.3. The van der Waals surface area contributed by atoms with Crippen molar-refractivity contribution in [2.45, 2.75) is 6.18 Å². The van der Waals surface area contributed by atoms with E-state index in [4.69, 9.17) is 18.9 Å². The second-order valence-corrected chi connectivity index (χ2v) is 6.86. The van der Waals surface area contributed by atoms with Crippen LogP contribution in [0.2, 0.25) is 0 Å². The molecule has 0 bridgehead atoms. The first kappa shape index (κ1) is 25.2. The number of nitrogens with one attached hydrogen (secondary N) is 2. The zero-order chi connectivity index (χ0) is 25.8. The Bertz CT molecular complexity index is 1310. The van der Waals surface area contributed by atoms with E-state index in [1.54, 1.807) is 17.4 Å². The lowest BCUT2D eigenvalue weighted by molar-refractivity contribution is -0.173. The summed E-state index contributed by atoms with van der Waals surface area (Å²) >= 11 is 0. The molecule has 1 aromatic heterocycles. The Hall–Kier alpha value is -4.40. The van der Waals surface area contributed by atoms with E-state index >= 15 is 0 Å². The smallest absolute Gasteiger partial charge is 0.471 e. The second kappa shape index (κ2) is 10.3. The molecule has 1 amide bonds. The third-order valence-electron chi connectivity index (χ3n) is 4.87. The van der Waals surface area contributed by atoms with E-state index in [0.29, 0.717) is 11.1 Å². The number of benzene rings is 2. The molecule has 0 saturated carbocycles. The Kier molecular flexibility index (Phi) is 7.39. The van der Waals surface area contributed by atoms with Crippen LogP contribution in [-0.4, -0.2) is 63.0 Å². The Labute approximate surface area is 197 Å². The second-order valence-electron chi connectivity index (χ2n) is 6.86. The molecule has 2 N–H and O–H groups in total. The summed E-state index contributed by atoms with van der Waals surface area (Å²) in [5, 5.41) is 8.90. The van der Waals surface area contributed by atoms with Crippen molar-refractivity contribution < 1.29 is 41.7 Å². The molecule has 0 unspecified atom stereocenters. The fourth-order valence-corrected chi connectivity index (χ4v) is 3.24. The monoisotopic (exact) mass is 491 g/mol. The number of carbonyl (C=O) groups is 2. The lowest BCUT2D eigenvalue weighted by Gasteiger charge is -2.13. The summed E-state index contributed by atoms with van der Waals surface area (Å²) in [6, 6.07) is 6.12. The minimum Gasteiger partial charge on any atom is -0.495 e.